The molecule has 0 saturated carbocycles. The summed E-state index contributed by atoms with van der Waals surface area (Å²) < 4.78 is 0. The fourth-order valence-corrected chi connectivity index (χ4v) is 3.85. The molecule has 0 radical (unpaired) electrons. The van der Waals surface area contributed by atoms with Crippen LogP contribution in [0, 0.1) is 13.8 Å². The number of hydrogen-bond acceptors (Lipinski definition) is 1. The number of nitrogens with one attached hydrogen (secondary N) is 3. The van der Waals surface area contributed by atoms with Gasteiger partial charge >= 0.3 is 0 Å². The van der Waals surface area contributed by atoms with Crippen molar-refractivity contribution in [1.29, 1.82) is 0 Å². The number of aryl methyl sites for hydroxylation is 2. The zero-order valence-corrected chi connectivity index (χ0v) is 16.3. The molecule has 3 rings (SSSR count). The standard InChI is InChI=1S/C21H26ClN3O/c1-16-4-3-5-18(12-16)14-24-8-10-25(11-9-24)15-21(26)23-20-7-6-17(2)13-19(20)22/h3-7,12-13H,8-11,14-15H2,1-2H3,(H,23,26)/p+2. The Kier molecular flexibility index (Phi) is 6.30. The van der Waals surface area contributed by atoms with Crippen LogP contribution < -0.4 is 15.1 Å². The molecule has 4 nitrogen and oxygen atoms in total. The molecule has 26 heavy (non-hydrogen) atoms. The SMILES string of the molecule is Cc1cccc(C[NH+]2CC[NH+](CC(=O)Nc3ccc(C)cc3Cl)CC2)c1. The Labute approximate surface area is 160 Å². The van der Waals surface area contributed by atoms with Gasteiger partial charge in [0.1, 0.15) is 32.7 Å². The van der Waals surface area contributed by atoms with Crippen molar-refractivity contribution in [3.63, 3.8) is 0 Å². The van der Waals surface area contributed by atoms with Crippen LogP contribution in [-0.4, -0.2) is 38.6 Å². The molecule has 5 heteroatoms. The van der Waals surface area contributed by atoms with E-state index in [-0.39, 0.29) is 5.91 Å². The van der Waals surface area contributed by atoms with Crippen LogP contribution in [-0.2, 0) is 11.3 Å². The van der Waals surface area contributed by atoms with Crippen molar-refractivity contribution in [3.8, 4) is 0 Å². The van der Waals surface area contributed by atoms with Crippen molar-refractivity contribution in [2.45, 2.75) is 20.4 Å². The third-order valence-electron chi connectivity index (χ3n) is 5.01. The number of piperazine rings is 1. The molecule has 0 aliphatic carbocycles. The monoisotopic (exact) mass is 373 g/mol. The predicted molar refractivity (Wildman–Crippen MR) is 106 cm³/mol. The summed E-state index contributed by atoms with van der Waals surface area (Å²) in [7, 11) is 0. The number of quaternary nitrogens is 2. The molecular formula is C21H28ClN3O+2. The zero-order chi connectivity index (χ0) is 18.5. The molecule has 0 bridgehead atoms. The summed E-state index contributed by atoms with van der Waals surface area (Å²) in [5, 5.41) is 3.54. The van der Waals surface area contributed by atoms with E-state index in [1.165, 1.54) is 16.0 Å². The van der Waals surface area contributed by atoms with Gasteiger partial charge in [0.25, 0.3) is 5.91 Å². The number of amides is 1. The average Bonchev–Trinajstić information content (AvgIpc) is 2.59. The Hall–Kier alpha value is -1.88. The van der Waals surface area contributed by atoms with Crippen LogP contribution in [0.25, 0.3) is 0 Å². The number of anilines is 1. The Bertz CT molecular complexity index is 770. The first-order chi connectivity index (χ1) is 12.5. The predicted octanol–water partition coefficient (Wildman–Crippen LogP) is 0.879. The quantitative estimate of drug-likeness (QED) is 0.715. The van der Waals surface area contributed by atoms with Gasteiger partial charge in [-0.05, 0) is 31.5 Å². The molecule has 1 heterocycles. The highest BCUT2D eigenvalue weighted by Gasteiger charge is 2.25. The van der Waals surface area contributed by atoms with Crippen LogP contribution in [0.4, 0.5) is 5.69 Å². The second kappa shape index (κ2) is 8.67. The maximum Gasteiger partial charge on any atom is 0.279 e. The van der Waals surface area contributed by atoms with Crippen LogP contribution in [0.15, 0.2) is 42.5 Å². The fraction of sp³-hybridized carbons (Fsp3) is 0.381. The summed E-state index contributed by atoms with van der Waals surface area (Å²) in [5.74, 6) is 0.0351. The van der Waals surface area contributed by atoms with Crippen molar-refractivity contribution >= 4 is 23.2 Å². The van der Waals surface area contributed by atoms with Crippen LogP contribution >= 0.6 is 11.6 Å². The molecule has 0 aromatic heterocycles. The summed E-state index contributed by atoms with van der Waals surface area (Å²) >= 11 is 6.20. The van der Waals surface area contributed by atoms with Gasteiger partial charge in [0, 0.05) is 5.56 Å². The summed E-state index contributed by atoms with van der Waals surface area (Å²) in [6.07, 6.45) is 0. The lowest BCUT2D eigenvalue weighted by atomic mass is 10.1. The molecule has 0 atom stereocenters. The molecular weight excluding hydrogens is 346 g/mol. The lowest BCUT2D eigenvalue weighted by Crippen LogP contribution is -3.28. The smallest absolute Gasteiger partial charge is 0.279 e. The first kappa shape index (κ1) is 18.9. The molecule has 1 aliphatic heterocycles. The third-order valence-corrected chi connectivity index (χ3v) is 5.32. The lowest BCUT2D eigenvalue weighted by Gasteiger charge is -2.29. The molecule has 1 fully saturated rings. The van der Waals surface area contributed by atoms with Gasteiger partial charge < -0.3 is 15.1 Å². The topological polar surface area (TPSA) is 38.0 Å². The molecule has 1 amide bonds. The number of benzene rings is 2. The van der Waals surface area contributed by atoms with E-state index in [0.29, 0.717) is 17.3 Å². The van der Waals surface area contributed by atoms with E-state index in [1.807, 2.05) is 25.1 Å². The van der Waals surface area contributed by atoms with Crippen LogP contribution in [0.3, 0.4) is 0 Å². The van der Waals surface area contributed by atoms with Gasteiger partial charge in [0.15, 0.2) is 6.54 Å². The lowest BCUT2D eigenvalue weighted by molar-refractivity contribution is -1.02. The van der Waals surface area contributed by atoms with Crippen LogP contribution in [0.2, 0.25) is 5.02 Å². The first-order valence-corrected chi connectivity index (χ1v) is 9.66. The number of carbonyl (C=O) groups excluding carboxylic acids is 1. The van der Waals surface area contributed by atoms with Crippen molar-refractivity contribution in [2.24, 2.45) is 0 Å². The second-order valence-electron chi connectivity index (χ2n) is 7.37. The highest BCUT2D eigenvalue weighted by atomic mass is 35.5. The minimum Gasteiger partial charge on any atom is -0.322 e. The van der Waals surface area contributed by atoms with Gasteiger partial charge in [0.05, 0.1) is 10.7 Å². The molecule has 1 saturated heterocycles. The van der Waals surface area contributed by atoms with Gasteiger partial charge in [-0.3, -0.25) is 4.79 Å². The van der Waals surface area contributed by atoms with E-state index in [0.717, 1.165) is 38.3 Å². The molecule has 2 aromatic rings. The van der Waals surface area contributed by atoms with Crippen LogP contribution in [0.1, 0.15) is 16.7 Å². The van der Waals surface area contributed by atoms with Crippen LogP contribution in [0.5, 0.6) is 0 Å². The Morgan fingerprint density at radius 1 is 1.00 bits per heavy atom. The van der Waals surface area contributed by atoms with E-state index < -0.39 is 0 Å². The van der Waals surface area contributed by atoms with Gasteiger partial charge in [-0.1, -0.05) is 47.5 Å². The van der Waals surface area contributed by atoms with Crippen molar-refractivity contribution < 1.29 is 14.6 Å². The minimum absolute atomic E-state index is 0.0351. The van der Waals surface area contributed by atoms with Crippen molar-refractivity contribution in [3.05, 3.63) is 64.2 Å². The highest BCUT2D eigenvalue weighted by molar-refractivity contribution is 6.33. The average molecular weight is 374 g/mol. The number of hydrogen-bond donors (Lipinski definition) is 3. The van der Waals surface area contributed by atoms with E-state index in [9.17, 15) is 4.79 Å². The Balaban J connectivity index is 1.45. The Morgan fingerprint density at radius 3 is 2.38 bits per heavy atom. The maximum atomic E-state index is 12.3. The van der Waals surface area contributed by atoms with Gasteiger partial charge in [0.2, 0.25) is 0 Å². The van der Waals surface area contributed by atoms with Crippen molar-refractivity contribution in [2.75, 3.05) is 38.0 Å². The number of halogens is 1. The molecule has 0 unspecified atom stereocenters. The van der Waals surface area contributed by atoms with Gasteiger partial charge in [-0.25, -0.2) is 0 Å². The fourth-order valence-electron chi connectivity index (χ4n) is 3.56. The van der Waals surface area contributed by atoms with Gasteiger partial charge in [-0.2, -0.15) is 0 Å². The summed E-state index contributed by atoms with van der Waals surface area (Å²) in [5.41, 5.74) is 4.50. The van der Waals surface area contributed by atoms with E-state index in [2.05, 4.69) is 36.5 Å². The normalized spacial score (nSPS) is 20.0. The van der Waals surface area contributed by atoms with Gasteiger partial charge in [-0.15, -0.1) is 0 Å². The first-order valence-electron chi connectivity index (χ1n) is 9.28. The zero-order valence-electron chi connectivity index (χ0n) is 15.6. The van der Waals surface area contributed by atoms with Crippen molar-refractivity contribution in [1.82, 2.24) is 0 Å². The third kappa shape index (κ3) is 5.31. The second-order valence-corrected chi connectivity index (χ2v) is 7.78. The maximum absolute atomic E-state index is 12.3. The largest absolute Gasteiger partial charge is 0.322 e. The number of rotatable bonds is 5. The van der Waals surface area contributed by atoms with E-state index in [1.54, 1.807) is 4.90 Å². The van der Waals surface area contributed by atoms with E-state index in [4.69, 9.17) is 11.6 Å². The summed E-state index contributed by atoms with van der Waals surface area (Å²) in [4.78, 5) is 15.3. The molecule has 0 spiro atoms. The summed E-state index contributed by atoms with van der Waals surface area (Å²) in [6, 6.07) is 14.4. The summed E-state index contributed by atoms with van der Waals surface area (Å²) in [6.45, 7) is 9.94. The van der Waals surface area contributed by atoms with E-state index >= 15 is 0 Å². The minimum atomic E-state index is 0.0351. The molecule has 1 aliphatic rings. The highest BCUT2D eigenvalue weighted by Crippen LogP contribution is 2.22. The number of carbonyl (C=O) groups is 1. The molecule has 3 N–H and O–H groups in total. The molecule has 138 valence electrons. The Morgan fingerprint density at radius 2 is 1.69 bits per heavy atom. The molecule has 2 aromatic carbocycles.